The van der Waals surface area contributed by atoms with Crippen LogP contribution in [0.4, 0.5) is 0 Å². The summed E-state index contributed by atoms with van der Waals surface area (Å²) >= 11 is 1.72. The minimum absolute atomic E-state index is 0.0212. The number of hydrogen-bond acceptors (Lipinski definition) is 4. The van der Waals surface area contributed by atoms with Crippen LogP contribution in [0, 0.1) is 0 Å². The summed E-state index contributed by atoms with van der Waals surface area (Å²) in [4.78, 5) is 16.2. The molecule has 0 saturated carbocycles. The molecule has 2 aromatic heterocycles. The van der Waals surface area contributed by atoms with E-state index >= 15 is 0 Å². The van der Waals surface area contributed by atoms with Crippen molar-refractivity contribution in [2.75, 3.05) is 13.2 Å². The summed E-state index contributed by atoms with van der Waals surface area (Å²) in [6.07, 6.45) is 6.31. The first kappa shape index (κ1) is 19.2. The van der Waals surface area contributed by atoms with E-state index in [1.165, 1.54) is 4.88 Å². The average molecular weight is 384 g/mol. The number of hydrogen-bond donors (Lipinski definition) is 0. The normalized spacial score (nSPS) is 10.7. The molecule has 27 heavy (non-hydrogen) atoms. The fraction of sp³-hybridized carbons (Fsp3) is 0.318. The highest BCUT2D eigenvalue weighted by Gasteiger charge is 2.17. The molecular weight excluding hydrogens is 358 g/mol. The highest BCUT2D eigenvalue weighted by atomic mass is 32.1. The summed E-state index contributed by atoms with van der Waals surface area (Å²) in [6, 6.07) is 13.5. The maximum absolute atomic E-state index is 13.1. The molecule has 3 aromatic rings. The molecule has 0 saturated heterocycles. The lowest BCUT2D eigenvalue weighted by Gasteiger charge is -2.22. The van der Waals surface area contributed by atoms with Crippen molar-refractivity contribution in [3.63, 3.8) is 0 Å². The maximum atomic E-state index is 13.1. The number of amides is 1. The van der Waals surface area contributed by atoms with Gasteiger partial charge in [-0.05, 0) is 54.6 Å². The summed E-state index contributed by atoms with van der Waals surface area (Å²) in [5.74, 6) is 0.827. The molecule has 1 amide bonds. The van der Waals surface area contributed by atoms with Crippen molar-refractivity contribution in [1.29, 1.82) is 0 Å². The minimum atomic E-state index is 0.0212. The van der Waals surface area contributed by atoms with Crippen LogP contribution in [0.15, 0.2) is 64.8 Å². The molecule has 4 nitrogen and oxygen atoms in total. The Kier molecular flexibility index (Phi) is 7.11. The predicted molar refractivity (Wildman–Crippen MR) is 108 cm³/mol. The van der Waals surface area contributed by atoms with E-state index in [0.717, 1.165) is 30.6 Å². The lowest BCUT2D eigenvalue weighted by molar-refractivity contribution is 0.0745. The van der Waals surface area contributed by atoms with Crippen LogP contribution in [0.25, 0.3) is 0 Å². The Labute approximate surface area is 164 Å². The molecule has 0 aliphatic carbocycles. The van der Waals surface area contributed by atoms with Crippen LogP contribution in [0.3, 0.4) is 0 Å². The van der Waals surface area contributed by atoms with Crippen LogP contribution in [0.5, 0.6) is 5.75 Å². The zero-order chi connectivity index (χ0) is 18.9. The van der Waals surface area contributed by atoms with Gasteiger partial charge in [0.2, 0.25) is 0 Å². The molecule has 142 valence electrons. The number of ether oxygens (including phenoxy) is 1. The molecule has 5 heteroatoms. The summed E-state index contributed by atoms with van der Waals surface area (Å²) in [7, 11) is 0. The fourth-order valence-corrected chi connectivity index (χ4v) is 3.46. The molecule has 0 bridgehead atoms. The second kappa shape index (κ2) is 9.97. The Bertz CT molecular complexity index is 795. The summed E-state index contributed by atoms with van der Waals surface area (Å²) < 4.78 is 10.8. The number of unbranched alkanes of at least 4 members (excludes halogenated alkanes) is 1. The first-order valence-corrected chi connectivity index (χ1v) is 10.2. The fourth-order valence-electron chi connectivity index (χ4n) is 2.77. The van der Waals surface area contributed by atoms with Gasteiger partial charge in [0.15, 0.2) is 0 Å². The Morgan fingerprint density at radius 1 is 1.19 bits per heavy atom. The van der Waals surface area contributed by atoms with E-state index in [0.29, 0.717) is 25.3 Å². The standard InChI is InChI=1S/C22H25NO3S/c1-2-3-13-26-20-8-6-19(7-9-20)22(24)23(16-18-11-14-25-17-18)12-10-21-5-4-15-27-21/h4-9,11,14-15,17H,2-3,10,12-13,16H2,1H3. The second-order valence-electron chi connectivity index (χ2n) is 6.41. The number of carbonyl (C=O) groups is 1. The van der Waals surface area contributed by atoms with Gasteiger partial charge in [-0.3, -0.25) is 4.79 Å². The van der Waals surface area contributed by atoms with Gasteiger partial charge in [0.25, 0.3) is 5.91 Å². The van der Waals surface area contributed by atoms with Crippen LogP contribution in [-0.2, 0) is 13.0 Å². The SMILES string of the molecule is CCCCOc1ccc(C(=O)N(CCc2cccs2)Cc2ccoc2)cc1. The molecule has 1 aromatic carbocycles. The van der Waals surface area contributed by atoms with Crippen molar-refractivity contribution in [2.45, 2.75) is 32.7 Å². The zero-order valence-corrected chi connectivity index (χ0v) is 16.4. The summed E-state index contributed by atoms with van der Waals surface area (Å²) in [5.41, 5.74) is 1.67. The molecule has 0 spiro atoms. The lowest BCUT2D eigenvalue weighted by Crippen LogP contribution is -2.32. The van der Waals surface area contributed by atoms with Gasteiger partial charge >= 0.3 is 0 Å². The molecular formula is C22H25NO3S. The van der Waals surface area contributed by atoms with Gasteiger partial charge in [0.05, 0.1) is 19.1 Å². The van der Waals surface area contributed by atoms with E-state index in [1.54, 1.807) is 23.9 Å². The monoisotopic (exact) mass is 383 g/mol. The minimum Gasteiger partial charge on any atom is -0.494 e. The number of furan rings is 1. The third-order valence-corrected chi connectivity index (χ3v) is 5.25. The van der Waals surface area contributed by atoms with Crippen LogP contribution >= 0.6 is 11.3 Å². The van der Waals surface area contributed by atoms with Crippen LogP contribution in [0.1, 0.15) is 40.6 Å². The van der Waals surface area contributed by atoms with E-state index < -0.39 is 0 Å². The molecule has 0 radical (unpaired) electrons. The number of rotatable bonds is 10. The van der Waals surface area contributed by atoms with Gasteiger partial charge in [-0.25, -0.2) is 0 Å². The molecule has 2 heterocycles. The van der Waals surface area contributed by atoms with E-state index in [9.17, 15) is 4.79 Å². The van der Waals surface area contributed by atoms with E-state index in [4.69, 9.17) is 9.15 Å². The smallest absolute Gasteiger partial charge is 0.254 e. The topological polar surface area (TPSA) is 42.7 Å². The Morgan fingerprint density at radius 3 is 2.70 bits per heavy atom. The second-order valence-corrected chi connectivity index (χ2v) is 7.45. The number of nitrogens with zero attached hydrogens (tertiary/aromatic N) is 1. The van der Waals surface area contributed by atoms with Crippen molar-refractivity contribution in [3.8, 4) is 5.75 Å². The van der Waals surface area contributed by atoms with Crippen molar-refractivity contribution >= 4 is 17.2 Å². The van der Waals surface area contributed by atoms with E-state index in [-0.39, 0.29) is 5.91 Å². The highest BCUT2D eigenvalue weighted by molar-refractivity contribution is 7.09. The van der Waals surface area contributed by atoms with Gasteiger partial charge in [-0.1, -0.05) is 19.4 Å². The Morgan fingerprint density at radius 2 is 2.04 bits per heavy atom. The van der Waals surface area contributed by atoms with Crippen molar-refractivity contribution in [2.24, 2.45) is 0 Å². The lowest BCUT2D eigenvalue weighted by atomic mass is 10.1. The van der Waals surface area contributed by atoms with E-state index in [1.807, 2.05) is 41.3 Å². The Hall–Kier alpha value is -2.53. The molecule has 0 fully saturated rings. The highest BCUT2D eigenvalue weighted by Crippen LogP contribution is 2.17. The Balaban J connectivity index is 1.67. The van der Waals surface area contributed by atoms with Gasteiger partial charge in [-0.2, -0.15) is 0 Å². The molecule has 0 N–H and O–H groups in total. The number of thiophene rings is 1. The van der Waals surface area contributed by atoms with Crippen molar-refractivity contribution < 1.29 is 13.9 Å². The van der Waals surface area contributed by atoms with Crippen LogP contribution in [-0.4, -0.2) is 24.0 Å². The van der Waals surface area contributed by atoms with Gasteiger partial charge < -0.3 is 14.1 Å². The largest absolute Gasteiger partial charge is 0.494 e. The summed E-state index contributed by atoms with van der Waals surface area (Å²) in [5, 5.41) is 2.06. The molecule has 0 aliphatic heterocycles. The van der Waals surface area contributed by atoms with Gasteiger partial charge in [0, 0.05) is 29.1 Å². The quantitative estimate of drug-likeness (QED) is 0.440. The van der Waals surface area contributed by atoms with Crippen molar-refractivity contribution in [1.82, 2.24) is 4.90 Å². The van der Waals surface area contributed by atoms with Crippen LogP contribution in [0.2, 0.25) is 0 Å². The van der Waals surface area contributed by atoms with Gasteiger partial charge in [-0.15, -0.1) is 11.3 Å². The molecule has 3 rings (SSSR count). The third kappa shape index (κ3) is 5.73. The predicted octanol–water partition coefficient (Wildman–Crippen LogP) is 5.41. The third-order valence-electron chi connectivity index (χ3n) is 4.32. The van der Waals surface area contributed by atoms with E-state index in [2.05, 4.69) is 18.4 Å². The average Bonchev–Trinajstić information content (AvgIpc) is 3.39. The maximum Gasteiger partial charge on any atom is 0.254 e. The summed E-state index contributed by atoms with van der Waals surface area (Å²) in [6.45, 7) is 4.04. The first-order valence-electron chi connectivity index (χ1n) is 9.32. The first-order chi connectivity index (χ1) is 13.3. The number of carbonyl (C=O) groups excluding carboxylic acids is 1. The molecule has 0 atom stereocenters. The van der Waals surface area contributed by atoms with Crippen molar-refractivity contribution in [3.05, 3.63) is 76.4 Å². The molecule has 0 aliphatic rings. The van der Waals surface area contributed by atoms with Crippen LogP contribution < -0.4 is 4.74 Å². The van der Waals surface area contributed by atoms with Gasteiger partial charge in [0.1, 0.15) is 5.75 Å². The zero-order valence-electron chi connectivity index (χ0n) is 15.6. The molecule has 0 unspecified atom stereocenters. The number of benzene rings is 1.